The van der Waals surface area contributed by atoms with Gasteiger partial charge < -0.3 is 10.2 Å². The van der Waals surface area contributed by atoms with E-state index in [4.69, 9.17) is 0 Å². The number of aromatic nitrogens is 1. The number of amides is 2. The second-order valence-electron chi connectivity index (χ2n) is 6.92. The molecule has 1 saturated carbocycles. The van der Waals surface area contributed by atoms with Crippen LogP contribution < -0.4 is 5.32 Å². The normalized spacial score (nSPS) is 14.5. The highest BCUT2D eigenvalue weighted by molar-refractivity contribution is 6.12. The molecule has 1 fully saturated rings. The van der Waals surface area contributed by atoms with Gasteiger partial charge in [0.15, 0.2) is 0 Å². The third-order valence-electron chi connectivity index (χ3n) is 5.05. The van der Waals surface area contributed by atoms with Gasteiger partial charge in [0.2, 0.25) is 11.8 Å². The number of nitrogens with one attached hydrogen (secondary N) is 1. The van der Waals surface area contributed by atoms with Crippen LogP contribution in [0.2, 0.25) is 0 Å². The molecule has 1 N–H and O–H groups in total. The van der Waals surface area contributed by atoms with Crippen molar-refractivity contribution in [3.8, 4) is 0 Å². The Labute approximate surface area is 154 Å². The van der Waals surface area contributed by atoms with Crippen LogP contribution in [0, 0.1) is 5.41 Å². The summed E-state index contributed by atoms with van der Waals surface area (Å²) in [6, 6.07) is 11.7. The van der Waals surface area contributed by atoms with E-state index in [1.807, 2.05) is 36.4 Å². The summed E-state index contributed by atoms with van der Waals surface area (Å²) in [4.78, 5) is 31.2. The Morgan fingerprint density at radius 3 is 2.31 bits per heavy atom. The minimum absolute atomic E-state index is 0.0887. The highest BCUT2D eigenvalue weighted by Gasteiger charge is 2.57. The van der Waals surface area contributed by atoms with E-state index >= 15 is 0 Å². The number of aryl methyl sites for hydroxylation is 1. The number of hydrogen-bond donors (Lipinski definition) is 1. The first-order chi connectivity index (χ1) is 12.5. The van der Waals surface area contributed by atoms with Crippen LogP contribution in [-0.4, -0.2) is 35.3 Å². The molecule has 1 aliphatic carbocycles. The number of carbonyl (C=O) groups is 2. The molecule has 26 heavy (non-hydrogen) atoms. The second kappa shape index (κ2) is 7.68. The third-order valence-corrected chi connectivity index (χ3v) is 5.05. The zero-order valence-corrected chi connectivity index (χ0v) is 15.4. The Kier molecular flexibility index (Phi) is 5.35. The van der Waals surface area contributed by atoms with E-state index in [1.165, 1.54) is 5.56 Å². The van der Waals surface area contributed by atoms with Crippen molar-refractivity contribution in [1.82, 2.24) is 9.88 Å². The summed E-state index contributed by atoms with van der Waals surface area (Å²) in [6.45, 7) is 2.68. The molecule has 1 heterocycles. The minimum Gasteiger partial charge on any atom is -0.344 e. The Morgan fingerprint density at radius 1 is 1.08 bits per heavy atom. The van der Waals surface area contributed by atoms with Crippen molar-refractivity contribution in [3.63, 3.8) is 0 Å². The molecule has 0 atom stereocenters. The standard InChI is InChI=1S/C21H25N3O2/c1-3-16-4-6-18(7-5-16)23-19(25)21(11-12-21)20(26)24(2)15-10-17-8-13-22-14-9-17/h4-9,13-14H,3,10-12,15H2,1-2H3,(H,23,25). The minimum atomic E-state index is -0.892. The molecule has 5 heteroatoms. The van der Waals surface area contributed by atoms with Gasteiger partial charge in [0.05, 0.1) is 0 Å². The molecule has 5 nitrogen and oxygen atoms in total. The number of carbonyl (C=O) groups excluding carboxylic acids is 2. The largest absolute Gasteiger partial charge is 0.344 e. The molecular formula is C21H25N3O2. The number of pyridine rings is 1. The van der Waals surface area contributed by atoms with Gasteiger partial charge in [0, 0.05) is 31.7 Å². The number of likely N-dealkylation sites (N-methyl/N-ethyl adjacent to an activating group) is 1. The van der Waals surface area contributed by atoms with Crippen LogP contribution in [0.3, 0.4) is 0 Å². The Morgan fingerprint density at radius 2 is 1.73 bits per heavy atom. The van der Waals surface area contributed by atoms with Crippen LogP contribution in [0.25, 0.3) is 0 Å². The zero-order valence-electron chi connectivity index (χ0n) is 15.4. The summed E-state index contributed by atoms with van der Waals surface area (Å²) < 4.78 is 0. The molecule has 1 aromatic heterocycles. The van der Waals surface area contributed by atoms with Gasteiger partial charge >= 0.3 is 0 Å². The molecule has 0 saturated heterocycles. The average Bonchev–Trinajstić information content (AvgIpc) is 3.49. The highest BCUT2D eigenvalue weighted by Crippen LogP contribution is 2.48. The van der Waals surface area contributed by atoms with Gasteiger partial charge in [-0.25, -0.2) is 0 Å². The molecule has 0 radical (unpaired) electrons. The van der Waals surface area contributed by atoms with Crippen molar-refractivity contribution in [2.45, 2.75) is 32.6 Å². The first kappa shape index (κ1) is 18.1. The zero-order chi connectivity index (χ0) is 18.6. The number of hydrogen-bond acceptors (Lipinski definition) is 3. The van der Waals surface area contributed by atoms with E-state index in [0.717, 1.165) is 24.1 Å². The summed E-state index contributed by atoms with van der Waals surface area (Å²) in [5.41, 5.74) is 2.20. The van der Waals surface area contributed by atoms with Crippen LogP contribution >= 0.6 is 0 Å². The quantitative estimate of drug-likeness (QED) is 0.780. The molecule has 0 bridgehead atoms. The Bertz CT molecular complexity index is 768. The summed E-state index contributed by atoms with van der Waals surface area (Å²) in [5.74, 6) is -0.281. The molecule has 3 rings (SSSR count). The summed E-state index contributed by atoms with van der Waals surface area (Å²) in [6.07, 6.45) is 6.43. The maximum absolute atomic E-state index is 12.8. The molecule has 0 unspecified atom stereocenters. The predicted octanol–water partition coefficient (Wildman–Crippen LogP) is 3.06. The third kappa shape index (κ3) is 3.93. The van der Waals surface area contributed by atoms with Gasteiger partial charge in [-0.15, -0.1) is 0 Å². The van der Waals surface area contributed by atoms with Crippen molar-refractivity contribution in [2.24, 2.45) is 5.41 Å². The number of benzene rings is 1. The topological polar surface area (TPSA) is 62.3 Å². The highest BCUT2D eigenvalue weighted by atomic mass is 16.2. The van der Waals surface area contributed by atoms with E-state index in [0.29, 0.717) is 19.4 Å². The summed E-state index contributed by atoms with van der Waals surface area (Å²) in [7, 11) is 1.77. The van der Waals surface area contributed by atoms with Crippen LogP contribution in [-0.2, 0) is 22.4 Å². The van der Waals surface area contributed by atoms with Gasteiger partial charge in [0.1, 0.15) is 5.41 Å². The number of nitrogens with zero attached hydrogens (tertiary/aromatic N) is 2. The smallest absolute Gasteiger partial charge is 0.240 e. The van der Waals surface area contributed by atoms with E-state index in [2.05, 4.69) is 17.2 Å². The first-order valence-corrected chi connectivity index (χ1v) is 9.10. The molecule has 0 spiro atoms. The fourth-order valence-electron chi connectivity index (χ4n) is 3.05. The van der Waals surface area contributed by atoms with Gasteiger partial charge in [-0.05, 0) is 61.1 Å². The van der Waals surface area contributed by atoms with Crippen LogP contribution in [0.15, 0.2) is 48.8 Å². The van der Waals surface area contributed by atoms with Gasteiger partial charge in [-0.2, -0.15) is 0 Å². The molecule has 0 aliphatic heterocycles. The maximum Gasteiger partial charge on any atom is 0.240 e. The lowest BCUT2D eigenvalue weighted by atomic mass is 10.0. The average molecular weight is 351 g/mol. The van der Waals surface area contributed by atoms with E-state index in [-0.39, 0.29) is 11.8 Å². The van der Waals surface area contributed by atoms with Gasteiger partial charge in [-0.3, -0.25) is 14.6 Å². The second-order valence-corrected chi connectivity index (χ2v) is 6.92. The number of rotatable bonds is 7. The van der Waals surface area contributed by atoms with Crippen molar-refractivity contribution in [3.05, 3.63) is 59.9 Å². The van der Waals surface area contributed by atoms with E-state index < -0.39 is 5.41 Å². The Hall–Kier alpha value is -2.69. The molecule has 1 aromatic carbocycles. The predicted molar refractivity (Wildman–Crippen MR) is 102 cm³/mol. The van der Waals surface area contributed by atoms with Crippen molar-refractivity contribution in [2.75, 3.05) is 18.9 Å². The fraction of sp³-hybridized carbons (Fsp3) is 0.381. The SMILES string of the molecule is CCc1ccc(NC(=O)C2(C(=O)N(C)CCc3ccncc3)CC2)cc1. The summed E-state index contributed by atoms with van der Waals surface area (Å²) in [5, 5.41) is 2.91. The van der Waals surface area contributed by atoms with Gasteiger partial charge in [0.25, 0.3) is 0 Å². The monoisotopic (exact) mass is 351 g/mol. The molecule has 136 valence electrons. The van der Waals surface area contributed by atoms with E-state index in [9.17, 15) is 9.59 Å². The first-order valence-electron chi connectivity index (χ1n) is 9.10. The number of anilines is 1. The van der Waals surface area contributed by atoms with Gasteiger partial charge in [-0.1, -0.05) is 19.1 Å². The fourth-order valence-corrected chi connectivity index (χ4v) is 3.05. The molecule has 2 aromatic rings. The van der Waals surface area contributed by atoms with Crippen LogP contribution in [0.4, 0.5) is 5.69 Å². The maximum atomic E-state index is 12.8. The molecule has 2 amide bonds. The van der Waals surface area contributed by atoms with Crippen molar-refractivity contribution >= 4 is 17.5 Å². The lowest BCUT2D eigenvalue weighted by Crippen LogP contribution is -2.41. The lowest BCUT2D eigenvalue weighted by Gasteiger charge is -2.23. The van der Waals surface area contributed by atoms with Crippen molar-refractivity contribution in [1.29, 1.82) is 0 Å². The molecular weight excluding hydrogens is 326 g/mol. The van der Waals surface area contributed by atoms with Crippen LogP contribution in [0.5, 0.6) is 0 Å². The molecule has 1 aliphatic rings. The lowest BCUT2D eigenvalue weighted by molar-refractivity contribution is -0.141. The van der Waals surface area contributed by atoms with E-state index in [1.54, 1.807) is 24.3 Å². The van der Waals surface area contributed by atoms with Crippen molar-refractivity contribution < 1.29 is 9.59 Å². The Balaban J connectivity index is 1.59. The summed E-state index contributed by atoms with van der Waals surface area (Å²) >= 11 is 0. The van der Waals surface area contributed by atoms with Crippen LogP contribution in [0.1, 0.15) is 30.9 Å².